The molecule has 7 heteroatoms. The molecule has 1 aromatic rings. The Morgan fingerprint density at radius 1 is 1.57 bits per heavy atom. The molecule has 0 radical (unpaired) electrons. The van der Waals surface area contributed by atoms with Crippen molar-refractivity contribution in [2.75, 3.05) is 26.4 Å². The number of nitriles is 1. The second-order valence-corrected chi connectivity index (χ2v) is 6.20. The van der Waals surface area contributed by atoms with Gasteiger partial charge in [-0.3, -0.25) is 9.88 Å². The third-order valence-electron chi connectivity index (χ3n) is 3.19. The van der Waals surface area contributed by atoms with Crippen molar-refractivity contribution in [1.29, 1.82) is 5.26 Å². The SMILES string of the molecule is CC(C)(C)OC(=O)N1CCOC[C@H]1COc1cnccc1C#N. The summed E-state index contributed by atoms with van der Waals surface area (Å²) in [6.45, 7) is 6.96. The van der Waals surface area contributed by atoms with Crippen LogP contribution >= 0.6 is 0 Å². The van der Waals surface area contributed by atoms with Crippen LogP contribution < -0.4 is 4.74 Å². The van der Waals surface area contributed by atoms with E-state index in [1.165, 1.54) is 12.4 Å². The van der Waals surface area contributed by atoms with Gasteiger partial charge in [-0.05, 0) is 26.8 Å². The molecule has 0 spiro atoms. The predicted octanol–water partition coefficient (Wildman–Crippen LogP) is 1.97. The third kappa shape index (κ3) is 4.83. The number of carbonyl (C=O) groups excluding carboxylic acids is 1. The van der Waals surface area contributed by atoms with Gasteiger partial charge < -0.3 is 14.2 Å². The number of hydrogen-bond acceptors (Lipinski definition) is 6. The number of rotatable bonds is 3. The summed E-state index contributed by atoms with van der Waals surface area (Å²) in [7, 11) is 0. The minimum absolute atomic E-state index is 0.208. The maximum absolute atomic E-state index is 12.3. The maximum Gasteiger partial charge on any atom is 0.410 e. The fraction of sp³-hybridized carbons (Fsp3) is 0.562. The number of amides is 1. The van der Waals surface area contributed by atoms with Crippen LogP contribution in [0.1, 0.15) is 26.3 Å². The summed E-state index contributed by atoms with van der Waals surface area (Å²) in [4.78, 5) is 17.8. The second-order valence-electron chi connectivity index (χ2n) is 6.20. The fourth-order valence-electron chi connectivity index (χ4n) is 2.13. The van der Waals surface area contributed by atoms with Gasteiger partial charge in [-0.2, -0.15) is 5.26 Å². The molecule has 1 aromatic heterocycles. The normalized spacial score (nSPS) is 18.2. The van der Waals surface area contributed by atoms with E-state index in [0.717, 1.165) is 0 Å². The first kappa shape index (κ1) is 17.0. The smallest absolute Gasteiger partial charge is 0.410 e. The molecular formula is C16H21N3O4. The van der Waals surface area contributed by atoms with Crippen LogP contribution in [0.25, 0.3) is 0 Å². The van der Waals surface area contributed by atoms with Crippen molar-refractivity contribution in [2.24, 2.45) is 0 Å². The zero-order valence-electron chi connectivity index (χ0n) is 13.6. The number of aromatic nitrogens is 1. The molecule has 7 nitrogen and oxygen atoms in total. The molecule has 0 N–H and O–H groups in total. The topological polar surface area (TPSA) is 84.7 Å². The molecule has 1 aliphatic heterocycles. The Kier molecular flexibility index (Phi) is 5.40. The molecule has 2 rings (SSSR count). The molecule has 0 aliphatic carbocycles. The van der Waals surface area contributed by atoms with Gasteiger partial charge in [0.05, 0.1) is 31.0 Å². The summed E-state index contributed by atoms with van der Waals surface area (Å²) in [5, 5.41) is 9.06. The Morgan fingerprint density at radius 3 is 3.04 bits per heavy atom. The monoisotopic (exact) mass is 319 g/mol. The predicted molar refractivity (Wildman–Crippen MR) is 82.0 cm³/mol. The highest BCUT2D eigenvalue weighted by Gasteiger charge is 2.31. The first-order chi connectivity index (χ1) is 10.9. The molecular weight excluding hydrogens is 298 g/mol. The average Bonchev–Trinajstić information content (AvgIpc) is 2.51. The lowest BCUT2D eigenvalue weighted by Gasteiger charge is -2.36. The van der Waals surface area contributed by atoms with Crippen molar-refractivity contribution < 1.29 is 19.0 Å². The highest BCUT2D eigenvalue weighted by Crippen LogP contribution is 2.18. The van der Waals surface area contributed by atoms with Crippen LogP contribution in [0.15, 0.2) is 18.5 Å². The van der Waals surface area contributed by atoms with Crippen LogP contribution in [0.2, 0.25) is 0 Å². The molecule has 0 unspecified atom stereocenters. The van der Waals surface area contributed by atoms with Gasteiger partial charge in [0.1, 0.15) is 18.3 Å². The second kappa shape index (κ2) is 7.29. The minimum atomic E-state index is -0.557. The molecule has 1 atom stereocenters. The Bertz CT molecular complexity index is 592. The van der Waals surface area contributed by atoms with Gasteiger partial charge in [-0.1, -0.05) is 0 Å². The van der Waals surface area contributed by atoms with E-state index >= 15 is 0 Å². The standard InChI is InChI=1S/C16H21N3O4/c1-16(2,3)23-15(20)19-6-7-21-10-13(19)11-22-14-9-18-5-4-12(14)8-17/h4-5,9,13H,6-7,10-11H2,1-3H3/t13-/m0/s1. The average molecular weight is 319 g/mol. The number of nitrogens with zero attached hydrogens (tertiary/aromatic N) is 3. The van der Waals surface area contributed by atoms with Gasteiger partial charge in [-0.15, -0.1) is 0 Å². The van der Waals surface area contributed by atoms with Crippen LogP contribution in [0, 0.1) is 11.3 Å². The number of carbonyl (C=O) groups is 1. The molecule has 2 heterocycles. The van der Waals surface area contributed by atoms with Crippen LogP contribution in [0.4, 0.5) is 4.79 Å². The lowest BCUT2D eigenvalue weighted by molar-refractivity contribution is -0.0418. The van der Waals surface area contributed by atoms with Crippen LogP contribution in [-0.2, 0) is 9.47 Å². The van der Waals surface area contributed by atoms with Crippen molar-refractivity contribution in [3.8, 4) is 11.8 Å². The summed E-state index contributed by atoms with van der Waals surface area (Å²) in [6, 6.07) is 3.36. The minimum Gasteiger partial charge on any atom is -0.488 e. The first-order valence-electron chi connectivity index (χ1n) is 7.45. The van der Waals surface area contributed by atoms with E-state index < -0.39 is 5.60 Å². The van der Waals surface area contributed by atoms with E-state index in [9.17, 15) is 4.79 Å². The van der Waals surface area contributed by atoms with E-state index in [2.05, 4.69) is 4.98 Å². The molecule has 0 saturated carbocycles. The molecule has 1 saturated heterocycles. The zero-order chi connectivity index (χ0) is 16.9. The van der Waals surface area contributed by atoms with Gasteiger partial charge in [0.2, 0.25) is 0 Å². The summed E-state index contributed by atoms with van der Waals surface area (Å²) in [6.07, 6.45) is 2.63. The van der Waals surface area contributed by atoms with E-state index in [-0.39, 0.29) is 18.7 Å². The summed E-state index contributed by atoms with van der Waals surface area (Å²) >= 11 is 0. The molecule has 0 aromatic carbocycles. The first-order valence-corrected chi connectivity index (χ1v) is 7.45. The van der Waals surface area contributed by atoms with E-state index in [1.54, 1.807) is 11.0 Å². The molecule has 0 bridgehead atoms. The van der Waals surface area contributed by atoms with Gasteiger partial charge in [0.15, 0.2) is 5.75 Å². The Hall–Kier alpha value is -2.33. The van der Waals surface area contributed by atoms with Crippen molar-refractivity contribution in [2.45, 2.75) is 32.4 Å². The summed E-state index contributed by atoms with van der Waals surface area (Å²) in [5.74, 6) is 0.393. The van der Waals surface area contributed by atoms with Gasteiger partial charge >= 0.3 is 6.09 Å². The van der Waals surface area contributed by atoms with Crippen LogP contribution in [0.3, 0.4) is 0 Å². The van der Waals surface area contributed by atoms with Gasteiger partial charge in [0, 0.05) is 12.7 Å². The molecule has 1 aliphatic rings. The van der Waals surface area contributed by atoms with E-state index in [0.29, 0.717) is 31.1 Å². The zero-order valence-corrected chi connectivity index (χ0v) is 13.6. The maximum atomic E-state index is 12.3. The van der Waals surface area contributed by atoms with E-state index in [4.69, 9.17) is 19.5 Å². The highest BCUT2D eigenvalue weighted by atomic mass is 16.6. The van der Waals surface area contributed by atoms with Gasteiger partial charge in [0.25, 0.3) is 0 Å². The quantitative estimate of drug-likeness (QED) is 0.847. The number of hydrogen-bond donors (Lipinski definition) is 0. The Morgan fingerprint density at radius 2 is 2.35 bits per heavy atom. The Balaban J connectivity index is 2.01. The summed E-state index contributed by atoms with van der Waals surface area (Å²) < 4.78 is 16.5. The van der Waals surface area contributed by atoms with Crippen molar-refractivity contribution in [1.82, 2.24) is 9.88 Å². The molecule has 23 heavy (non-hydrogen) atoms. The summed E-state index contributed by atoms with van der Waals surface area (Å²) in [5.41, 5.74) is -0.154. The van der Waals surface area contributed by atoms with Crippen LogP contribution in [0.5, 0.6) is 5.75 Å². The molecule has 124 valence electrons. The van der Waals surface area contributed by atoms with E-state index in [1.807, 2.05) is 26.8 Å². The third-order valence-corrected chi connectivity index (χ3v) is 3.19. The Labute approximate surface area is 135 Å². The largest absolute Gasteiger partial charge is 0.488 e. The van der Waals surface area contributed by atoms with Crippen LogP contribution in [-0.4, -0.2) is 54.0 Å². The number of ether oxygens (including phenoxy) is 3. The van der Waals surface area contributed by atoms with Crippen molar-refractivity contribution >= 4 is 6.09 Å². The van der Waals surface area contributed by atoms with Gasteiger partial charge in [-0.25, -0.2) is 4.79 Å². The van der Waals surface area contributed by atoms with Crippen molar-refractivity contribution in [3.63, 3.8) is 0 Å². The molecule has 1 amide bonds. The number of pyridine rings is 1. The lowest BCUT2D eigenvalue weighted by atomic mass is 10.2. The number of morpholine rings is 1. The highest BCUT2D eigenvalue weighted by molar-refractivity contribution is 5.68. The fourth-order valence-corrected chi connectivity index (χ4v) is 2.13. The molecule has 1 fully saturated rings. The van der Waals surface area contributed by atoms with Crippen molar-refractivity contribution in [3.05, 3.63) is 24.0 Å². The lowest BCUT2D eigenvalue weighted by Crippen LogP contribution is -2.52.